The van der Waals surface area contributed by atoms with E-state index in [0.29, 0.717) is 6.54 Å². The second-order valence-electron chi connectivity index (χ2n) is 2.90. The van der Waals surface area contributed by atoms with Crippen molar-refractivity contribution in [1.82, 2.24) is 14.9 Å². The van der Waals surface area contributed by atoms with Crippen LogP contribution in [0, 0.1) is 0 Å². The molecule has 2 aromatic rings. The number of rotatable bonds is 5. The summed E-state index contributed by atoms with van der Waals surface area (Å²) < 4.78 is 1.93. The molecule has 6 nitrogen and oxygen atoms in total. The molecule has 0 fully saturated rings. The molecule has 3 N–H and O–H groups in total. The van der Waals surface area contributed by atoms with Gasteiger partial charge in [-0.1, -0.05) is 0 Å². The molecule has 2 rings (SSSR count). The molecule has 0 aliphatic rings. The molecule has 0 aliphatic carbocycles. The minimum atomic E-state index is -0.506. The van der Waals surface area contributed by atoms with Gasteiger partial charge in [0, 0.05) is 17.8 Å². The number of aromatic nitrogens is 2. The Balaban J connectivity index is 1.84. The average molecular weight is 226 g/mol. The molecule has 0 radical (unpaired) electrons. The van der Waals surface area contributed by atoms with Gasteiger partial charge in [-0.3, -0.25) is 14.0 Å². The number of fused-ring (bicyclic) bond motifs is 1. The van der Waals surface area contributed by atoms with Crippen molar-refractivity contribution in [2.24, 2.45) is 5.73 Å². The van der Waals surface area contributed by atoms with Gasteiger partial charge in [0.15, 0.2) is 4.96 Å². The Kier molecular flexibility index (Phi) is 2.95. The summed E-state index contributed by atoms with van der Waals surface area (Å²) in [5.41, 5.74) is 8.36. The summed E-state index contributed by atoms with van der Waals surface area (Å²) in [6.07, 6.45) is 3.83. The lowest BCUT2D eigenvalue weighted by Gasteiger charge is -2.00. The fourth-order valence-electron chi connectivity index (χ4n) is 1.11. The molecule has 2 aromatic heterocycles. The lowest BCUT2D eigenvalue weighted by Crippen LogP contribution is -2.24. The third-order valence-corrected chi connectivity index (χ3v) is 2.48. The van der Waals surface area contributed by atoms with Crippen molar-refractivity contribution >= 4 is 22.2 Å². The maximum absolute atomic E-state index is 10.3. The first-order chi connectivity index (χ1) is 7.25. The number of primary amides is 1. The van der Waals surface area contributed by atoms with Gasteiger partial charge >= 0.3 is 0 Å². The maximum atomic E-state index is 10.3. The van der Waals surface area contributed by atoms with E-state index in [1.54, 1.807) is 11.3 Å². The largest absolute Gasteiger partial charge is 0.368 e. The Morgan fingerprint density at radius 3 is 3.33 bits per heavy atom. The molecule has 0 aliphatic heterocycles. The fraction of sp³-hybridized carbons (Fsp3) is 0.250. The molecule has 7 heteroatoms. The summed E-state index contributed by atoms with van der Waals surface area (Å²) in [7, 11) is 0. The molecule has 0 bridgehead atoms. The molecule has 1 amide bonds. The Labute approximate surface area is 89.6 Å². The van der Waals surface area contributed by atoms with Crippen LogP contribution >= 0.6 is 11.3 Å². The number of carbonyl (C=O) groups excluding carboxylic acids is 1. The second kappa shape index (κ2) is 4.39. The number of nitrogens with one attached hydrogen (secondary N) is 1. The molecule has 0 saturated carbocycles. The normalized spacial score (nSPS) is 10.9. The van der Waals surface area contributed by atoms with Crippen LogP contribution in [0.5, 0.6) is 0 Å². The highest BCUT2D eigenvalue weighted by atomic mass is 32.1. The number of hydroxylamine groups is 1. The lowest BCUT2D eigenvalue weighted by molar-refractivity contribution is -0.125. The highest BCUT2D eigenvalue weighted by Crippen LogP contribution is 2.10. The summed E-state index contributed by atoms with van der Waals surface area (Å²) in [5, 5.41) is 1.96. The van der Waals surface area contributed by atoms with E-state index in [1.165, 1.54) is 0 Å². The van der Waals surface area contributed by atoms with Crippen LogP contribution in [0.3, 0.4) is 0 Å². The van der Waals surface area contributed by atoms with Gasteiger partial charge in [-0.15, -0.1) is 11.3 Å². The van der Waals surface area contributed by atoms with Crippen LogP contribution in [0.25, 0.3) is 4.96 Å². The SMILES string of the molecule is NC(=O)CONCc1cn2ccsc2n1. The van der Waals surface area contributed by atoms with Crippen LogP contribution in [-0.2, 0) is 16.2 Å². The standard InChI is InChI=1S/C8H10N4O2S/c9-7(13)5-14-10-3-6-4-12-1-2-15-8(12)11-6/h1-2,4,10H,3,5H2,(H2,9,13). The second-order valence-corrected chi connectivity index (χ2v) is 3.77. The Bertz CT molecular complexity index is 435. The first-order valence-corrected chi connectivity index (χ1v) is 5.17. The van der Waals surface area contributed by atoms with Gasteiger partial charge in [0.2, 0.25) is 5.91 Å². The number of hydrogen-bond donors (Lipinski definition) is 2. The van der Waals surface area contributed by atoms with Gasteiger partial charge in [-0.2, -0.15) is 5.48 Å². The van der Waals surface area contributed by atoms with Crippen LogP contribution in [-0.4, -0.2) is 21.9 Å². The molecule has 0 unspecified atom stereocenters. The van der Waals surface area contributed by atoms with Crippen LogP contribution in [0.15, 0.2) is 17.8 Å². The van der Waals surface area contributed by atoms with Gasteiger partial charge in [-0.25, -0.2) is 4.98 Å². The molecule has 2 heterocycles. The summed E-state index contributed by atoms with van der Waals surface area (Å²) in [4.78, 5) is 20.4. The third kappa shape index (κ3) is 2.52. The van der Waals surface area contributed by atoms with E-state index in [9.17, 15) is 4.79 Å². The topological polar surface area (TPSA) is 81.7 Å². The van der Waals surface area contributed by atoms with E-state index in [0.717, 1.165) is 10.7 Å². The van der Waals surface area contributed by atoms with E-state index >= 15 is 0 Å². The molecule has 80 valence electrons. The van der Waals surface area contributed by atoms with Gasteiger partial charge in [-0.05, 0) is 0 Å². The summed E-state index contributed by atoms with van der Waals surface area (Å²) in [6.45, 7) is 0.309. The van der Waals surface area contributed by atoms with Gasteiger partial charge in [0.25, 0.3) is 0 Å². The van der Waals surface area contributed by atoms with E-state index < -0.39 is 5.91 Å². The monoisotopic (exact) mass is 226 g/mol. The minimum Gasteiger partial charge on any atom is -0.368 e. The highest BCUT2D eigenvalue weighted by Gasteiger charge is 2.02. The maximum Gasteiger partial charge on any atom is 0.245 e. The highest BCUT2D eigenvalue weighted by molar-refractivity contribution is 7.15. The van der Waals surface area contributed by atoms with Crippen LogP contribution < -0.4 is 11.2 Å². The van der Waals surface area contributed by atoms with Gasteiger partial charge in [0.1, 0.15) is 6.61 Å². The predicted molar refractivity (Wildman–Crippen MR) is 55.1 cm³/mol. The van der Waals surface area contributed by atoms with E-state index in [4.69, 9.17) is 10.6 Å². The molecule has 0 spiro atoms. The van der Waals surface area contributed by atoms with Crippen LogP contribution in [0.4, 0.5) is 0 Å². The Morgan fingerprint density at radius 1 is 1.73 bits per heavy atom. The molecular formula is C8H10N4O2S. The third-order valence-electron chi connectivity index (χ3n) is 1.71. The van der Waals surface area contributed by atoms with Crippen LogP contribution in [0.1, 0.15) is 5.69 Å². The quantitative estimate of drug-likeness (QED) is 0.551. The van der Waals surface area contributed by atoms with Gasteiger partial charge in [0.05, 0.1) is 12.2 Å². The van der Waals surface area contributed by atoms with Crippen molar-refractivity contribution in [3.8, 4) is 0 Å². The zero-order valence-electron chi connectivity index (χ0n) is 7.84. The van der Waals surface area contributed by atoms with E-state index in [-0.39, 0.29) is 6.61 Å². The van der Waals surface area contributed by atoms with E-state index in [2.05, 4.69) is 10.5 Å². The zero-order chi connectivity index (χ0) is 10.7. The van der Waals surface area contributed by atoms with Crippen molar-refractivity contribution in [3.05, 3.63) is 23.5 Å². The number of nitrogens with zero attached hydrogens (tertiary/aromatic N) is 2. The number of imidazole rings is 1. The zero-order valence-corrected chi connectivity index (χ0v) is 8.66. The van der Waals surface area contributed by atoms with Crippen LogP contribution in [0.2, 0.25) is 0 Å². The van der Waals surface area contributed by atoms with Crippen molar-refractivity contribution in [1.29, 1.82) is 0 Å². The summed E-state index contributed by atoms with van der Waals surface area (Å²) in [5.74, 6) is -0.506. The minimum absolute atomic E-state index is 0.137. The molecule has 0 saturated heterocycles. The Hall–Kier alpha value is -1.44. The molecule has 0 atom stereocenters. The van der Waals surface area contributed by atoms with Crippen molar-refractivity contribution in [2.75, 3.05) is 6.61 Å². The molecule has 0 aromatic carbocycles. The number of hydrogen-bond acceptors (Lipinski definition) is 5. The van der Waals surface area contributed by atoms with Crippen molar-refractivity contribution in [3.63, 3.8) is 0 Å². The fourth-order valence-corrected chi connectivity index (χ4v) is 1.83. The Morgan fingerprint density at radius 2 is 2.60 bits per heavy atom. The number of thiazole rings is 1. The van der Waals surface area contributed by atoms with Crippen molar-refractivity contribution < 1.29 is 9.63 Å². The molecule has 15 heavy (non-hydrogen) atoms. The lowest BCUT2D eigenvalue weighted by atomic mass is 10.5. The molecular weight excluding hydrogens is 216 g/mol. The van der Waals surface area contributed by atoms with Crippen molar-refractivity contribution in [2.45, 2.75) is 6.54 Å². The predicted octanol–water partition coefficient (Wildman–Crippen LogP) is -0.0977. The van der Waals surface area contributed by atoms with Gasteiger partial charge < -0.3 is 5.73 Å². The first kappa shape index (κ1) is 10.1. The number of amides is 1. The number of carbonyl (C=O) groups is 1. The summed E-state index contributed by atoms with van der Waals surface area (Å²) >= 11 is 1.56. The number of nitrogens with two attached hydrogens (primary N) is 1. The first-order valence-electron chi connectivity index (χ1n) is 4.30. The average Bonchev–Trinajstić information content (AvgIpc) is 2.71. The van der Waals surface area contributed by atoms with E-state index in [1.807, 2.05) is 22.2 Å². The summed E-state index contributed by atoms with van der Waals surface area (Å²) in [6, 6.07) is 0. The smallest absolute Gasteiger partial charge is 0.245 e.